The molecule has 1 aromatic heterocycles. The quantitative estimate of drug-likeness (QED) is 0.908. The molecule has 0 radical (unpaired) electrons. The Balaban J connectivity index is 1.68. The van der Waals surface area contributed by atoms with Crippen molar-refractivity contribution in [2.75, 3.05) is 13.1 Å². The Bertz CT molecular complexity index is 585. The molecule has 4 heteroatoms. The fourth-order valence-electron chi connectivity index (χ4n) is 2.51. The maximum absolute atomic E-state index is 12.2. The second kappa shape index (κ2) is 5.54. The molecule has 2 unspecified atom stereocenters. The summed E-state index contributed by atoms with van der Waals surface area (Å²) in [7, 11) is 0. The third-order valence-corrected chi connectivity index (χ3v) is 5.46. The Labute approximate surface area is 123 Å². The SMILES string of the molecule is CC(NC(=O)C(C)C1CNC1)c1cc2ccccc2s1. The van der Waals surface area contributed by atoms with Gasteiger partial charge in [-0.3, -0.25) is 4.79 Å². The van der Waals surface area contributed by atoms with Crippen molar-refractivity contribution in [3.05, 3.63) is 35.2 Å². The highest BCUT2D eigenvalue weighted by molar-refractivity contribution is 7.19. The first-order valence-electron chi connectivity index (χ1n) is 7.14. The van der Waals surface area contributed by atoms with Gasteiger partial charge in [0, 0.05) is 15.5 Å². The van der Waals surface area contributed by atoms with Gasteiger partial charge in [-0.15, -0.1) is 11.3 Å². The number of carbonyl (C=O) groups excluding carboxylic acids is 1. The lowest BCUT2D eigenvalue weighted by Gasteiger charge is -2.32. The van der Waals surface area contributed by atoms with Crippen LogP contribution in [0.3, 0.4) is 0 Å². The lowest BCUT2D eigenvalue weighted by atomic mass is 9.88. The van der Waals surface area contributed by atoms with E-state index >= 15 is 0 Å². The van der Waals surface area contributed by atoms with Gasteiger partial charge >= 0.3 is 0 Å². The monoisotopic (exact) mass is 288 g/mol. The van der Waals surface area contributed by atoms with Gasteiger partial charge in [-0.2, -0.15) is 0 Å². The topological polar surface area (TPSA) is 41.1 Å². The normalized spacial score (nSPS) is 18.5. The van der Waals surface area contributed by atoms with Crippen LogP contribution in [-0.2, 0) is 4.79 Å². The Morgan fingerprint density at radius 3 is 2.75 bits per heavy atom. The first-order chi connectivity index (χ1) is 9.65. The molecule has 0 saturated carbocycles. The van der Waals surface area contributed by atoms with Crippen molar-refractivity contribution in [2.45, 2.75) is 19.9 Å². The lowest BCUT2D eigenvalue weighted by molar-refractivity contribution is -0.127. The van der Waals surface area contributed by atoms with Crippen molar-refractivity contribution in [1.82, 2.24) is 10.6 Å². The fourth-order valence-corrected chi connectivity index (χ4v) is 3.58. The summed E-state index contributed by atoms with van der Waals surface area (Å²) in [5, 5.41) is 7.63. The van der Waals surface area contributed by atoms with Crippen LogP contribution in [0.5, 0.6) is 0 Å². The number of rotatable bonds is 4. The van der Waals surface area contributed by atoms with E-state index in [-0.39, 0.29) is 17.9 Å². The maximum Gasteiger partial charge on any atom is 0.223 e. The smallest absolute Gasteiger partial charge is 0.223 e. The molecule has 1 aliphatic rings. The van der Waals surface area contributed by atoms with Crippen molar-refractivity contribution in [3.63, 3.8) is 0 Å². The van der Waals surface area contributed by atoms with Gasteiger partial charge in [0.1, 0.15) is 0 Å². The van der Waals surface area contributed by atoms with Gasteiger partial charge in [0.25, 0.3) is 0 Å². The summed E-state index contributed by atoms with van der Waals surface area (Å²) in [6, 6.07) is 10.6. The molecule has 1 fully saturated rings. The summed E-state index contributed by atoms with van der Waals surface area (Å²) in [6.45, 7) is 6.02. The number of thiophene rings is 1. The van der Waals surface area contributed by atoms with E-state index in [9.17, 15) is 4.79 Å². The van der Waals surface area contributed by atoms with Crippen LogP contribution in [0.4, 0.5) is 0 Å². The molecule has 0 bridgehead atoms. The van der Waals surface area contributed by atoms with Crippen LogP contribution in [0.2, 0.25) is 0 Å². The summed E-state index contributed by atoms with van der Waals surface area (Å²) in [5.41, 5.74) is 0. The molecule has 1 aliphatic heterocycles. The summed E-state index contributed by atoms with van der Waals surface area (Å²) in [5.74, 6) is 0.749. The molecule has 2 aromatic rings. The minimum Gasteiger partial charge on any atom is -0.349 e. The third kappa shape index (κ3) is 2.58. The molecule has 0 aliphatic carbocycles. The van der Waals surface area contributed by atoms with Crippen LogP contribution in [-0.4, -0.2) is 19.0 Å². The van der Waals surface area contributed by atoms with Crippen molar-refractivity contribution >= 4 is 27.3 Å². The van der Waals surface area contributed by atoms with Crippen LogP contribution < -0.4 is 10.6 Å². The third-order valence-electron chi connectivity index (χ3n) is 4.16. The predicted octanol–water partition coefficient (Wildman–Crippen LogP) is 2.93. The van der Waals surface area contributed by atoms with Gasteiger partial charge in [0.2, 0.25) is 5.91 Å². The Morgan fingerprint density at radius 2 is 2.10 bits per heavy atom. The van der Waals surface area contributed by atoms with Gasteiger partial charge in [-0.05, 0) is 43.5 Å². The maximum atomic E-state index is 12.2. The highest BCUT2D eigenvalue weighted by Gasteiger charge is 2.29. The molecule has 1 aromatic carbocycles. The number of fused-ring (bicyclic) bond motifs is 1. The second-order valence-electron chi connectivity index (χ2n) is 5.62. The summed E-state index contributed by atoms with van der Waals surface area (Å²) < 4.78 is 1.28. The van der Waals surface area contributed by atoms with E-state index in [1.807, 2.05) is 13.0 Å². The Kier molecular flexibility index (Phi) is 3.76. The van der Waals surface area contributed by atoms with E-state index in [0.29, 0.717) is 5.92 Å². The molecule has 3 nitrogen and oxygen atoms in total. The van der Waals surface area contributed by atoms with Gasteiger partial charge in [-0.1, -0.05) is 25.1 Å². The number of hydrogen-bond donors (Lipinski definition) is 2. The number of benzene rings is 1. The van der Waals surface area contributed by atoms with Gasteiger partial charge < -0.3 is 10.6 Å². The first-order valence-corrected chi connectivity index (χ1v) is 7.96. The standard InChI is InChI=1S/C16H20N2OS/c1-10(13-8-17-9-13)16(19)18-11(2)15-7-12-5-3-4-6-14(12)20-15/h3-7,10-11,13,17H,8-9H2,1-2H3,(H,18,19). The molecular weight excluding hydrogens is 268 g/mol. The van der Waals surface area contributed by atoms with Crippen molar-refractivity contribution in [2.24, 2.45) is 11.8 Å². The highest BCUT2D eigenvalue weighted by Crippen LogP contribution is 2.30. The van der Waals surface area contributed by atoms with Crippen LogP contribution in [0.1, 0.15) is 24.8 Å². The zero-order chi connectivity index (χ0) is 14.1. The van der Waals surface area contributed by atoms with Crippen LogP contribution >= 0.6 is 11.3 Å². The van der Waals surface area contributed by atoms with Crippen LogP contribution in [0.25, 0.3) is 10.1 Å². The minimum absolute atomic E-state index is 0.0791. The van der Waals surface area contributed by atoms with E-state index in [4.69, 9.17) is 0 Å². The minimum atomic E-state index is 0.0791. The number of amides is 1. The van der Waals surface area contributed by atoms with E-state index < -0.39 is 0 Å². The average Bonchev–Trinajstić information content (AvgIpc) is 2.80. The molecule has 1 amide bonds. The number of hydrogen-bond acceptors (Lipinski definition) is 3. The molecule has 1 saturated heterocycles. The van der Waals surface area contributed by atoms with Gasteiger partial charge in [0.05, 0.1) is 6.04 Å². The molecule has 2 atom stereocenters. The fraction of sp³-hybridized carbons (Fsp3) is 0.438. The summed E-state index contributed by atoms with van der Waals surface area (Å²) in [4.78, 5) is 13.5. The first kappa shape index (κ1) is 13.6. The zero-order valence-corrected chi connectivity index (χ0v) is 12.7. The molecule has 20 heavy (non-hydrogen) atoms. The van der Waals surface area contributed by atoms with Gasteiger partial charge in [0.15, 0.2) is 0 Å². The van der Waals surface area contributed by atoms with E-state index in [1.165, 1.54) is 15.0 Å². The van der Waals surface area contributed by atoms with Crippen LogP contribution in [0.15, 0.2) is 30.3 Å². The highest BCUT2D eigenvalue weighted by atomic mass is 32.1. The van der Waals surface area contributed by atoms with Crippen molar-refractivity contribution < 1.29 is 4.79 Å². The Morgan fingerprint density at radius 1 is 1.35 bits per heavy atom. The molecule has 2 N–H and O–H groups in total. The van der Waals surface area contributed by atoms with E-state index in [1.54, 1.807) is 11.3 Å². The van der Waals surface area contributed by atoms with E-state index in [0.717, 1.165) is 13.1 Å². The second-order valence-corrected chi connectivity index (χ2v) is 6.74. The lowest BCUT2D eigenvalue weighted by Crippen LogP contribution is -2.49. The number of nitrogens with one attached hydrogen (secondary N) is 2. The number of carbonyl (C=O) groups is 1. The van der Waals surface area contributed by atoms with Crippen molar-refractivity contribution in [3.8, 4) is 0 Å². The summed E-state index contributed by atoms with van der Waals surface area (Å²) >= 11 is 1.76. The van der Waals surface area contributed by atoms with Gasteiger partial charge in [-0.25, -0.2) is 0 Å². The molecule has 106 valence electrons. The molecule has 2 heterocycles. The van der Waals surface area contributed by atoms with Crippen LogP contribution in [0, 0.1) is 11.8 Å². The largest absolute Gasteiger partial charge is 0.349 e. The zero-order valence-electron chi connectivity index (χ0n) is 11.8. The molecule has 0 spiro atoms. The average molecular weight is 288 g/mol. The summed E-state index contributed by atoms with van der Waals surface area (Å²) in [6.07, 6.45) is 0. The predicted molar refractivity (Wildman–Crippen MR) is 83.9 cm³/mol. The van der Waals surface area contributed by atoms with E-state index in [2.05, 4.69) is 41.8 Å². The molecule has 3 rings (SSSR count). The molecular formula is C16H20N2OS. The van der Waals surface area contributed by atoms with Crippen molar-refractivity contribution in [1.29, 1.82) is 0 Å². The Hall–Kier alpha value is -1.39.